The van der Waals surface area contributed by atoms with Crippen LogP contribution in [0.4, 0.5) is 5.69 Å². The van der Waals surface area contributed by atoms with Gasteiger partial charge in [0.25, 0.3) is 11.8 Å². The molecule has 1 atom stereocenters. The third-order valence-corrected chi connectivity index (χ3v) is 5.50. The minimum absolute atomic E-state index is 0.130. The van der Waals surface area contributed by atoms with Crippen molar-refractivity contribution in [3.05, 3.63) is 84.2 Å². The standard InChI is InChI=1S/C27H28N4O4/c1-17(2)25(26-29-22-9-4-5-10-23(22)30-26)31-27(33)18-11-13-20(14-12-18)35-16-24(32)28-19-7-6-8-21(15-19)34-3/h4-15,17,25H,16H2,1-3H3,(H,28,32)(H,29,30)(H,31,33)/t25-/m0/s1. The predicted octanol–water partition coefficient (Wildman–Crippen LogP) is 4.72. The third kappa shape index (κ3) is 5.97. The molecule has 1 heterocycles. The molecule has 3 aromatic carbocycles. The number of ether oxygens (including phenoxy) is 2. The van der Waals surface area contributed by atoms with E-state index in [-0.39, 0.29) is 30.4 Å². The number of nitrogens with zero attached hydrogens (tertiary/aromatic N) is 1. The second-order valence-electron chi connectivity index (χ2n) is 8.43. The number of fused-ring (bicyclic) bond motifs is 1. The van der Waals surface area contributed by atoms with E-state index in [1.807, 2.05) is 38.1 Å². The van der Waals surface area contributed by atoms with Crippen molar-refractivity contribution in [1.29, 1.82) is 0 Å². The topological polar surface area (TPSA) is 105 Å². The van der Waals surface area contributed by atoms with E-state index in [0.29, 0.717) is 22.7 Å². The monoisotopic (exact) mass is 472 g/mol. The number of H-pyrrole nitrogens is 1. The second-order valence-corrected chi connectivity index (χ2v) is 8.43. The number of nitrogens with one attached hydrogen (secondary N) is 3. The van der Waals surface area contributed by atoms with Crippen LogP contribution in [0.2, 0.25) is 0 Å². The average molecular weight is 473 g/mol. The maximum absolute atomic E-state index is 12.9. The van der Waals surface area contributed by atoms with Gasteiger partial charge in [0, 0.05) is 17.3 Å². The Morgan fingerprint density at radius 3 is 2.46 bits per heavy atom. The van der Waals surface area contributed by atoms with E-state index in [1.54, 1.807) is 55.6 Å². The Labute approximate surface area is 203 Å². The molecule has 0 aliphatic rings. The molecule has 8 nitrogen and oxygen atoms in total. The summed E-state index contributed by atoms with van der Waals surface area (Å²) in [6.45, 7) is 3.90. The predicted molar refractivity (Wildman–Crippen MR) is 135 cm³/mol. The van der Waals surface area contributed by atoms with Gasteiger partial charge in [-0.25, -0.2) is 4.98 Å². The van der Waals surface area contributed by atoms with Crippen LogP contribution >= 0.6 is 0 Å². The Hall–Kier alpha value is -4.33. The molecule has 180 valence electrons. The number of benzene rings is 3. The number of para-hydroxylation sites is 2. The molecule has 3 N–H and O–H groups in total. The van der Waals surface area contributed by atoms with Crippen LogP contribution in [0.15, 0.2) is 72.8 Å². The summed E-state index contributed by atoms with van der Waals surface area (Å²) in [5.41, 5.74) is 2.90. The van der Waals surface area contributed by atoms with Crippen molar-refractivity contribution in [3.63, 3.8) is 0 Å². The summed E-state index contributed by atoms with van der Waals surface area (Å²) in [6, 6.07) is 21.2. The van der Waals surface area contributed by atoms with Crippen molar-refractivity contribution in [1.82, 2.24) is 15.3 Å². The number of aromatic amines is 1. The van der Waals surface area contributed by atoms with Crippen molar-refractivity contribution in [2.75, 3.05) is 19.0 Å². The molecule has 0 aliphatic carbocycles. The number of methoxy groups -OCH3 is 1. The lowest BCUT2D eigenvalue weighted by Crippen LogP contribution is -2.32. The first-order valence-corrected chi connectivity index (χ1v) is 11.3. The third-order valence-electron chi connectivity index (χ3n) is 5.50. The summed E-state index contributed by atoms with van der Waals surface area (Å²) in [5, 5.41) is 5.83. The van der Waals surface area contributed by atoms with E-state index in [1.165, 1.54) is 0 Å². The number of amides is 2. The summed E-state index contributed by atoms with van der Waals surface area (Å²) < 4.78 is 10.7. The fraction of sp³-hybridized carbons (Fsp3) is 0.222. The molecule has 0 radical (unpaired) electrons. The molecule has 0 saturated carbocycles. The number of imidazole rings is 1. The first-order valence-electron chi connectivity index (χ1n) is 11.3. The van der Waals surface area contributed by atoms with Crippen LogP contribution in [0.1, 0.15) is 36.1 Å². The zero-order valence-corrected chi connectivity index (χ0v) is 19.9. The molecule has 0 unspecified atom stereocenters. The Morgan fingerprint density at radius 2 is 1.74 bits per heavy atom. The lowest BCUT2D eigenvalue weighted by molar-refractivity contribution is -0.118. The van der Waals surface area contributed by atoms with Gasteiger partial charge in [0.2, 0.25) is 0 Å². The lowest BCUT2D eigenvalue weighted by Gasteiger charge is -2.20. The number of carbonyl (C=O) groups is 2. The molecular formula is C27H28N4O4. The van der Waals surface area contributed by atoms with Crippen LogP contribution in [0.25, 0.3) is 11.0 Å². The molecule has 0 spiro atoms. The van der Waals surface area contributed by atoms with Crippen LogP contribution in [-0.4, -0.2) is 35.5 Å². The second kappa shape index (κ2) is 10.7. The minimum atomic E-state index is -0.300. The quantitative estimate of drug-likeness (QED) is 0.327. The van der Waals surface area contributed by atoms with E-state index in [0.717, 1.165) is 16.9 Å². The number of hydrogen-bond acceptors (Lipinski definition) is 5. The molecule has 0 bridgehead atoms. The average Bonchev–Trinajstić information content (AvgIpc) is 3.30. The smallest absolute Gasteiger partial charge is 0.262 e. The first kappa shape index (κ1) is 23.8. The highest BCUT2D eigenvalue weighted by Crippen LogP contribution is 2.23. The van der Waals surface area contributed by atoms with Gasteiger partial charge in [0.1, 0.15) is 17.3 Å². The zero-order valence-electron chi connectivity index (χ0n) is 19.9. The highest BCUT2D eigenvalue weighted by atomic mass is 16.5. The zero-order chi connectivity index (χ0) is 24.8. The van der Waals surface area contributed by atoms with Crippen molar-refractivity contribution >= 4 is 28.5 Å². The number of carbonyl (C=O) groups excluding carboxylic acids is 2. The molecule has 8 heteroatoms. The van der Waals surface area contributed by atoms with Crippen LogP contribution in [-0.2, 0) is 4.79 Å². The van der Waals surface area contributed by atoms with Gasteiger partial charge in [-0.3, -0.25) is 9.59 Å². The van der Waals surface area contributed by atoms with Gasteiger partial charge >= 0.3 is 0 Å². The van der Waals surface area contributed by atoms with Gasteiger partial charge < -0.3 is 25.1 Å². The van der Waals surface area contributed by atoms with Crippen molar-refractivity contribution in [2.45, 2.75) is 19.9 Å². The van der Waals surface area contributed by atoms with E-state index in [9.17, 15) is 9.59 Å². The Morgan fingerprint density at radius 1 is 0.971 bits per heavy atom. The van der Waals surface area contributed by atoms with Crippen LogP contribution in [0.5, 0.6) is 11.5 Å². The Kier molecular flexibility index (Phi) is 7.30. The maximum atomic E-state index is 12.9. The molecule has 4 rings (SSSR count). The van der Waals surface area contributed by atoms with Gasteiger partial charge in [-0.05, 0) is 54.4 Å². The summed E-state index contributed by atoms with van der Waals surface area (Å²) >= 11 is 0. The summed E-state index contributed by atoms with van der Waals surface area (Å²) in [4.78, 5) is 33.1. The molecule has 0 fully saturated rings. The van der Waals surface area contributed by atoms with Crippen LogP contribution in [0.3, 0.4) is 0 Å². The fourth-order valence-electron chi connectivity index (χ4n) is 3.64. The highest BCUT2D eigenvalue weighted by molar-refractivity contribution is 5.94. The maximum Gasteiger partial charge on any atom is 0.262 e. The van der Waals surface area contributed by atoms with E-state index in [2.05, 4.69) is 20.6 Å². The van der Waals surface area contributed by atoms with E-state index < -0.39 is 0 Å². The van der Waals surface area contributed by atoms with Gasteiger partial charge in [0.15, 0.2) is 6.61 Å². The Balaban J connectivity index is 1.34. The van der Waals surface area contributed by atoms with Gasteiger partial charge in [-0.1, -0.05) is 32.0 Å². The molecule has 2 amide bonds. The number of rotatable bonds is 9. The Bertz CT molecular complexity index is 1280. The van der Waals surface area contributed by atoms with Crippen LogP contribution in [0, 0.1) is 5.92 Å². The minimum Gasteiger partial charge on any atom is -0.497 e. The molecule has 0 aliphatic heterocycles. The van der Waals surface area contributed by atoms with Crippen molar-refractivity contribution < 1.29 is 19.1 Å². The first-order chi connectivity index (χ1) is 16.9. The molecule has 4 aromatic rings. The van der Waals surface area contributed by atoms with Gasteiger partial charge in [0.05, 0.1) is 24.2 Å². The van der Waals surface area contributed by atoms with Gasteiger partial charge in [-0.15, -0.1) is 0 Å². The van der Waals surface area contributed by atoms with Crippen LogP contribution < -0.4 is 20.1 Å². The van der Waals surface area contributed by atoms with E-state index in [4.69, 9.17) is 9.47 Å². The number of aromatic nitrogens is 2. The summed E-state index contributed by atoms with van der Waals surface area (Å²) in [5.74, 6) is 1.47. The molecule has 35 heavy (non-hydrogen) atoms. The largest absolute Gasteiger partial charge is 0.497 e. The van der Waals surface area contributed by atoms with E-state index >= 15 is 0 Å². The summed E-state index contributed by atoms with van der Waals surface area (Å²) in [7, 11) is 1.57. The lowest BCUT2D eigenvalue weighted by atomic mass is 10.0. The fourth-order valence-corrected chi connectivity index (χ4v) is 3.64. The highest BCUT2D eigenvalue weighted by Gasteiger charge is 2.22. The molecule has 0 saturated heterocycles. The SMILES string of the molecule is COc1cccc(NC(=O)COc2ccc(C(=O)N[C@H](c3nc4ccccc4[nH]3)C(C)C)cc2)c1. The summed E-state index contributed by atoms with van der Waals surface area (Å²) in [6.07, 6.45) is 0. The van der Waals surface area contributed by atoms with Crippen molar-refractivity contribution in [3.8, 4) is 11.5 Å². The van der Waals surface area contributed by atoms with Crippen molar-refractivity contribution in [2.24, 2.45) is 5.92 Å². The normalized spacial score (nSPS) is 11.8. The number of anilines is 1. The molecular weight excluding hydrogens is 444 g/mol. The number of hydrogen-bond donors (Lipinski definition) is 3. The van der Waals surface area contributed by atoms with Gasteiger partial charge in [-0.2, -0.15) is 0 Å². The molecule has 1 aromatic heterocycles.